The van der Waals surface area contributed by atoms with Crippen LogP contribution in [0.1, 0.15) is 24.5 Å². The summed E-state index contributed by atoms with van der Waals surface area (Å²) in [5.41, 5.74) is 4.11. The lowest BCUT2D eigenvalue weighted by atomic mass is 9.96. The Morgan fingerprint density at radius 2 is 2.23 bits per heavy atom. The molecule has 2 aliphatic heterocycles. The van der Waals surface area contributed by atoms with E-state index in [1.807, 2.05) is 28.6 Å². The molecule has 5 rings (SSSR count). The molecule has 3 aromatic rings. The van der Waals surface area contributed by atoms with Crippen molar-refractivity contribution in [2.24, 2.45) is 7.05 Å². The topological polar surface area (TPSA) is 86.4 Å². The first-order valence-corrected chi connectivity index (χ1v) is 11.9. The van der Waals surface area contributed by atoms with E-state index in [-0.39, 0.29) is 0 Å². The van der Waals surface area contributed by atoms with Gasteiger partial charge in [0.05, 0.1) is 46.9 Å². The molecule has 0 amide bonds. The predicted octanol–water partition coefficient (Wildman–Crippen LogP) is 1.52. The number of hydrogen-bond donors (Lipinski definition) is 3. The van der Waals surface area contributed by atoms with Gasteiger partial charge in [-0.05, 0) is 35.3 Å². The van der Waals surface area contributed by atoms with Crippen molar-refractivity contribution in [2.45, 2.75) is 18.8 Å². The van der Waals surface area contributed by atoms with Crippen molar-refractivity contribution in [3.05, 3.63) is 28.8 Å². The van der Waals surface area contributed by atoms with Gasteiger partial charge in [0.1, 0.15) is 5.82 Å². The van der Waals surface area contributed by atoms with Gasteiger partial charge in [0.15, 0.2) is 12.7 Å². The van der Waals surface area contributed by atoms with Crippen LogP contribution in [-0.2, 0) is 11.8 Å². The molecular weight excluding hydrogens is 460 g/mol. The molecule has 166 valence electrons. The first kappa shape index (κ1) is 20.9. The Balaban J connectivity index is 1.50. The van der Waals surface area contributed by atoms with Crippen LogP contribution in [0, 0.1) is 0 Å². The van der Waals surface area contributed by atoms with Crippen molar-refractivity contribution in [1.29, 1.82) is 0 Å². The number of aromatic amines is 1. The first-order valence-electron chi connectivity index (χ1n) is 11.1. The first-order chi connectivity index (χ1) is 15.2. The molecule has 2 saturated heterocycles. The lowest BCUT2D eigenvalue weighted by Gasteiger charge is -2.27. The zero-order valence-electron chi connectivity index (χ0n) is 17.9. The van der Waals surface area contributed by atoms with Crippen LogP contribution in [0.2, 0.25) is 0 Å². The minimum absolute atomic E-state index is 0.387. The van der Waals surface area contributed by atoms with Crippen molar-refractivity contribution in [1.82, 2.24) is 29.9 Å². The average molecular weight is 490 g/mol. The molecule has 1 atom stereocenters. The van der Waals surface area contributed by atoms with Gasteiger partial charge >= 0.3 is 0 Å². The Hall–Kier alpha value is -2.01. The van der Waals surface area contributed by atoms with Crippen molar-refractivity contribution < 1.29 is 9.42 Å². The Kier molecular flexibility index (Phi) is 6.22. The fraction of sp³-hybridized carbons (Fsp3) is 0.571. The summed E-state index contributed by atoms with van der Waals surface area (Å²) in [6.45, 7) is 7.47. The lowest BCUT2D eigenvalue weighted by molar-refractivity contribution is -0.726. The lowest BCUT2D eigenvalue weighted by Crippen LogP contribution is -2.39. The largest absolute Gasteiger partial charge is 0.379 e. The fourth-order valence-corrected chi connectivity index (χ4v) is 5.18. The van der Waals surface area contributed by atoms with Crippen LogP contribution in [0.3, 0.4) is 0 Å². The zero-order valence-corrected chi connectivity index (χ0v) is 19.5. The van der Waals surface area contributed by atoms with Crippen molar-refractivity contribution >= 4 is 27.4 Å². The third-order valence-corrected chi connectivity index (χ3v) is 6.97. The zero-order chi connectivity index (χ0) is 21.2. The average Bonchev–Trinajstić information content (AvgIpc) is 3.42. The summed E-state index contributed by atoms with van der Waals surface area (Å²) in [6.07, 6.45) is 8.28. The number of anilines is 1. The van der Waals surface area contributed by atoms with E-state index in [2.05, 4.69) is 42.8 Å². The Labute approximate surface area is 190 Å². The molecule has 31 heavy (non-hydrogen) atoms. The van der Waals surface area contributed by atoms with Crippen LogP contribution < -0.4 is 15.3 Å². The Morgan fingerprint density at radius 3 is 2.97 bits per heavy atom. The number of morpholine rings is 1. The molecule has 2 aliphatic rings. The van der Waals surface area contributed by atoms with Gasteiger partial charge in [-0.3, -0.25) is 4.90 Å². The summed E-state index contributed by atoms with van der Waals surface area (Å²) in [4.78, 5) is 7.56. The predicted molar refractivity (Wildman–Crippen MR) is 122 cm³/mol. The summed E-state index contributed by atoms with van der Waals surface area (Å²) in [5, 5.41) is 15.1. The number of nitrogens with one attached hydrogen (secondary N) is 3. The number of rotatable bonds is 6. The minimum atomic E-state index is 0.387. The van der Waals surface area contributed by atoms with Crippen LogP contribution in [0.15, 0.2) is 23.1 Å². The van der Waals surface area contributed by atoms with Crippen LogP contribution in [0.25, 0.3) is 16.8 Å². The van der Waals surface area contributed by atoms with Gasteiger partial charge in [0.25, 0.3) is 0 Å². The number of H-pyrrole nitrogens is 1. The molecule has 0 bridgehead atoms. The van der Waals surface area contributed by atoms with Crippen molar-refractivity contribution in [3.63, 3.8) is 0 Å². The third kappa shape index (κ3) is 4.34. The van der Waals surface area contributed by atoms with E-state index < -0.39 is 0 Å². The van der Waals surface area contributed by atoms with Crippen LogP contribution >= 0.6 is 15.9 Å². The maximum absolute atomic E-state index is 5.47. The highest BCUT2D eigenvalue weighted by Gasteiger charge is 2.25. The quantitative estimate of drug-likeness (QED) is 0.455. The summed E-state index contributed by atoms with van der Waals surface area (Å²) in [6, 6.07) is 0. The molecule has 0 aromatic carbocycles. The number of hydrogen-bond acceptors (Lipinski definition) is 6. The van der Waals surface area contributed by atoms with E-state index in [0.29, 0.717) is 5.92 Å². The number of ether oxygens (including phenoxy) is 1. The highest BCUT2D eigenvalue weighted by Crippen LogP contribution is 2.36. The number of piperidine rings is 1. The normalized spacial score (nSPS) is 20.4. The molecule has 0 saturated carbocycles. The molecule has 10 heteroatoms. The summed E-state index contributed by atoms with van der Waals surface area (Å²) < 4.78 is 10.4. The number of nitrogens with zero attached hydrogens (tertiary/aromatic N) is 5. The molecule has 1 unspecified atom stereocenters. The Morgan fingerprint density at radius 1 is 1.35 bits per heavy atom. The van der Waals surface area contributed by atoms with Crippen molar-refractivity contribution in [2.75, 3.05) is 57.8 Å². The second-order valence-electron chi connectivity index (χ2n) is 8.35. The molecule has 5 heterocycles. The van der Waals surface area contributed by atoms with E-state index in [1.54, 1.807) is 0 Å². The molecule has 0 aliphatic carbocycles. The Bertz CT molecular complexity index is 1040. The maximum atomic E-state index is 5.47. The molecule has 3 aromatic heterocycles. The van der Waals surface area contributed by atoms with Gasteiger partial charge in [-0.2, -0.15) is 14.7 Å². The fourth-order valence-electron chi connectivity index (χ4n) is 4.46. The standard InChI is InChI=1S/C21H29BrN8O/c1-28-14-16(12-25-28)17-13-26-30-20(17)27-19(15-3-2-4-23-11-15)18(22)21(30)24-5-6-29-7-9-31-10-8-29/h12-15,23H,2-11H2,1H3,(H,24,26,27)/p+1. The highest BCUT2D eigenvalue weighted by molar-refractivity contribution is 9.10. The molecule has 2 fully saturated rings. The van der Waals surface area contributed by atoms with E-state index in [0.717, 1.165) is 91.7 Å². The van der Waals surface area contributed by atoms with Gasteiger partial charge in [-0.15, -0.1) is 4.68 Å². The minimum Gasteiger partial charge on any atom is -0.379 e. The van der Waals surface area contributed by atoms with Crippen LogP contribution in [-0.4, -0.2) is 77.1 Å². The van der Waals surface area contributed by atoms with Crippen molar-refractivity contribution in [3.8, 4) is 11.1 Å². The third-order valence-electron chi connectivity index (χ3n) is 6.19. The summed E-state index contributed by atoms with van der Waals surface area (Å²) in [5.74, 6) is 1.36. The molecule has 0 spiro atoms. The highest BCUT2D eigenvalue weighted by atomic mass is 79.9. The van der Waals surface area contributed by atoms with Gasteiger partial charge in [0, 0.05) is 38.6 Å². The molecule has 9 nitrogen and oxygen atoms in total. The number of halogens is 1. The van der Waals surface area contributed by atoms with E-state index in [1.165, 1.54) is 6.42 Å². The molecule has 0 radical (unpaired) electrons. The van der Waals surface area contributed by atoms with Crippen LogP contribution in [0.4, 0.5) is 5.82 Å². The summed E-state index contributed by atoms with van der Waals surface area (Å²) in [7, 11) is 1.98. The van der Waals surface area contributed by atoms with Gasteiger partial charge < -0.3 is 15.4 Å². The van der Waals surface area contributed by atoms with Gasteiger partial charge in [-0.1, -0.05) is 0 Å². The second kappa shape index (κ2) is 9.23. The number of aromatic nitrogens is 5. The summed E-state index contributed by atoms with van der Waals surface area (Å²) >= 11 is 3.88. The van der Waals surface area contributed by atoms with E-state index in [4.69, 9.17) is 14.8 Å². The van der Waals surface area contributed by atoms with Gasteiger partial charge in [0.2, 0.25) is 6.20 Å². The molecule has 3 N–H and O–H groups in total. The maximum Gasteiger partial charge on any atom is 0.203 e. The van der Waals surface area contributed by atoms with E-state index in [9.17, 15) is 0 Å². The number of aryl methyl sites for hydroxylation is 1. The number of fused-ring (bicyclic) bond motifs is 1. The van der Waals surface area contributed by atoms with Gasteiger partial charge in [-0.25, -0.2) is 4.98 Å². The smallest absolute Gasteiger partial charge is 0.203 e. The monoisotopic (exact) mass is 489 g/mol. The van der Waals surface area contributed by atoms with Crippen LogP contribution in [0.5, 0.6) is 0 Å². The SMILES string of the molecule is C[n+]1cc(-c2cnn3c(NCCN4CCOCC4)c(Br)c(C4CCCNC4)nc23)c[nH]1. The second-order valence-corrected chi connectivity index (χ2v) is 9.14. The van der Waals surface area contributed by atoms with E-state index >= 15 is 0 Å². The molecular formula is C21H30BrN8O+.